The summed E-state index contributed by atoms with van der Waals surface area (Å²) in [6.45, 7) is 0. The zero-order chi connectivity index (χ0) is 23.1. The van der Waals surface area contributed by atoms with Gasteiger partial charge in [-0.1, -0.05) is 0 Å². The van der Waals surface area contributed by atoms with Gasteiger partial charge in [0.25, 0.3) is 0 Å². The van der Waals surface area contributed by atoms with Gasteiger partial charge < -0.3 is 0 Å². The third-order valence-corrected chi connectivity index (χ3v) is 17.1. The van der Waals surface area contributed by atoms with E-state index in [4.69, 9.17) is 9.47 Å². The van der Waals surface area contributed by atoms with Crippen LogP contribution in [0.1, 0.15) is 0 Å². The third kappa shape index (κ3) is 2.46. The van der Waals surface area contributed by atoms with Gasteiger partial charge in [-0.05, 0) is 0 Å². The Morgan fingerprint density at radius 1 is 0.486 bits per heavy atom. The number of rotatable bonds is 2. The van der Waals surface area contributed by atoms with Crippen molar-refractivity contribution >= 4 is 43.5 Å². The molecule has 3 aliphatic rings. The minimum absolute atomic E-state index is 0.954. The number of anilines is 3. The summed E-state index contributed by atoms with van der Waals surface area (Å²) >= 11 is -3.03. The van der Waals surface area contributed by atoms with Crippen molar-refractivity contribution in [3.8, 4) is 34.1 Å². The molecule has 3 nitrogen and oxygen atoms in total. The zero-order valence-corrected chi connectivity index (χ0v) is 21.3. The maximum absolute atomic E-state index is 6.52. The average Bonchev–Trinajstić information content (AvgIpc) is 2.89. The molecule has 5 aromatic rings. The summed E-state index contributed by atoms with van der Waals surface area (Å²) in [5.74, 6) is 6.39. The number of hydrogen-bond acceptors (Lipinski definition) is 3. The fourth-order valence-electron chi connectivity index (χ4n) is 6.21. The van der Waals surface area contributed by atoms with Crippen molar-refractivity contribution in [3.63, 3.8) is 0 Å². The van der Waals surface area contributed by atoms with E-state index in [9.17, 15) is 0 Å². The molecule has 0 spiro atoms. The first kappa shape index (κ1) is 19.4. The van der Waals surface area contributed by atoms with E-state index in [0.29, 0.717) is 0 Å². The molecule has 0 fully saturated rings. The molecule has 35 heavy (non-hydrogen) atoms. The summed E-state index contributed by atoms with van der Waals surface area (Å²) in [4.78, 5) is 2.39. The van der Waals surface area contributed by atoms with Gasteiger partial charge in [-0.3, -0.25) is 0 Å². The summed E-state index contributed by atoms with van der Waals surface area (Å²) in [6.07, 6.45) is 0. The van der Waals surface area contributed by atoms with Crippen molar-refractivity contribution < 1.29 is 9.47 Å². The predicted octanol–water partition coefficient (Wildman–Crippen LogP) is 6.45. The molecule has 3 aliphatic heterocycles. The molecule has 0 saturated heterocycles. The summed E-state index contributed by atoms with van der Waals surface area (Å²) in [5.41, 5.74) is 6.03. The molecule has 4 heteroatoms. The SMILES string of the molecule is [CH3][Ge]12[c]3c4cccc3Oc3cccc([c]31)N(c1ccc(-c3ccccc3)cc1)c1cccc([c]12)O4. The van der Waals surface area contributed by atoms with Crippen molar-refractivity contribution in [1.82, 2.24) is 0 Å². The molecule has 8 rings (SSSR count). The van der Waals surface area contributed by atoms with Crippen molar-refractivity contribution in [3.05, 3.63) is 109 Å². The van der Waals surface area contributed by atoms with Crippen LogP contribution in [0.2, 0.25) is 5.76 Å². The maximum atomic E-state index is 6.52. The Kier molecular flexibility index (Phi) is 3.76. The van der Waals surface area contributed by atoms with Gasteiger partial charge in [0.15, 0.2) is 0 Å². The van der Waals surface area contributed by atoms with Crippen LogP contribution in [0, 0.1) is 0 Å². The Balaban J connectivity index is 1.39. The Morgan fingerprint density at radius 2 is 0.971 bits per heavy atom. The monoisotopic (exact) mass is 513 g/mol. The first-order valence-corrected chi connectivity index (χ1v) is 17.2. The number of benzene rings is 5. The van der Waals surface area contributed by atoms with E-state index in [1.807, 2.05) is 6.07 Å². The molecule has 0 aromatic heterocycles. The summed E-state index contributed by atoms with van der Waals surface area (Å²) in [5, 5.41) is 0. The molecular formula is C31H21GeNO2. The second kappa shape index (κ2) is 6.80. The van der Waals surface area contributed by atoms with Crippen LogP contribution in [-0.2, 0) is 0 Å². The fourth-order valence-corrected chi connectivity index (χ4v) is 16.0. The summed E-state index contributed by atoms with van der Waals surface area (Å²) in [7, 11) is 0. The Labute approximate surface area is 206 Å². The van der Waals surface area contributed by atoms with Crippen molar-refractivity contribution in [2.75, 3.05) is 4.90 Å². The van der Waals surface area contributed by atoms with Crippen molar-refractivity contribution in [1.29, 1.82) is 0 Å². The van der Waals surface area contributed by atoms with Crippen LogP contribution in [0.5, 0.6) is 23.0 Å². The van der Waals surface area contributed by atoms with Gasteiger partial charge in [0.05, 0.1) is 0 Å². The van der Waals surface area contributed by atoms with Crippen LogP contribution in [0.15, 0.2) is 109 Å². The van der Waals surface area contributed by atoms with Gasteiger partial charge in [0.2, 0.25) is 0 Å². The molecule has 166 valence electrons. The van der Waals surface area contributed by atoms with E-state index in [1.165, 1.54) is 35.7 Å². The molecule has 0 aliphatic carbocycles. The quantitative estimate of drug-likeness (QED) is 0.249. The van der Waals surface area contributed by atoms with E-state index >= 15 is 0 Å². The van der Waals surface area contributed by atoms with Gasteiger partial charge in [-0.2, -0.15) is 0 Å². The fraction of sp³-hybridized carbons (Fsp3) is 0.0323. The molecule has 0 atom stereocenters. The summed E-state index contributed by atoms with van der Waals surface area (Å²) < 4.78 is 17.1. The van der Waals surface area contributed by atoms with E-state index in [2.05, 4.69) is 114 Å². The van der Waals surface area contributed by atoms with Crippen LogP contribution >= 0.6 is 0 Å². The van der Waals surface area contributed by atoms with Crippen LogP contribution in [0.4, 0.5) is 17.1 Å². The topological polar surface area (TPSA) is 21.7 Å². The second-order valence-electron chi connectivity index (χ2n) is 9.51. The van der Waals surface area contributed by atoms with Gasteiger partial charge in [0.1, 0.15) is 0 Å². The Morgan fingerprint density at radius 3 is 1.54 bits per heavy atom. The normalized spacial score (nSPS) is 15.1. The molecule has 0 bridgehead atoms. The molecule has 0 radical (unpaired) electrons. The predicted molar refractivity (Wildman–Crippen MR) is 144 cm³/mol. The van der Waals surface area contributed by atoms with Crippen LogP contribution in [0.3, 0.4) is 0 Å². The standard InChI is InChI=1S/C31H21GeNO2/c1-32-29-23-10-5-12-25(29)34-27-14-7-15-28(31(27)32)35-26-13-6-11-24(30(26)32)33(23)22-18-16-21(17-19-22)20-8-3-2-4-9-20/h2-19H,1H3. The molecule has 0 N–H and O–H groups in total. The average molecular weight is 512 g/mol. The first-order chi connectivity index (χ1) is 17.2. The van der Waals surface area contributed by atoms with Crippen LogP contribution in [-0.4, -0.2) is 13.3 Å². The summed E-state index contributed by atoms with van der Waals surface area (Å²) in [6, 6.07) is 38.6. The van der Waals surface area contributed by atoms with E-state index in [1.54, 1.807) is 0 Å². The van der Waals surface area contributed by atoms with E-state index < -0.39 is 13.3 Å². The van der Waals surface area contributed by atoms with E-state index in [-0.39, 0.29) is 0 Å². The number of ether oxygens (including phenoxy) is 2. The Bertz CT molecular complexity index is 1580. The zero-order valence-electron chi connectivity index (χ0n) is 19.2. The first-order valence-electron chi connectivity index (χ1n) is 12.0. The van der Waals surface area contributed by atoms with Crippen LogP contribution in [0.25, 0.3) is 11.1 Å². The Hall–Kier alpha value is -3.96. The van der Waals surface area contributed by atoms with Crippen molar-refractivity contribution in [2.24, 2.45) is 0 Å². The molecule has 0 saturated carbocycles. The van der Waals surface area contributed by atoms with E-state index in [0.717, 1.165) is 28.7 Å². The van der Waals surface area contributed by atoms with Gasteiger partial charge in [-0.25, -0.2) is 0 Å². The molecule has 3 heterocycles. The van der Waals surface area contributed by atoms with Gasteiger partial charge >= 0.3 is 207 Å². The number of hydrogen-bond donors (Lipinski definition) is 0. The minimum atomic E-state index is -3.03. The molecule has 0 unspecified atom stereocenters. The molecule has 5 aromatic carbocycles. The van der Waals surface area contributed by atoms with Gasteiger partial charge in [-0.15, -0.1) is 0 Å². The third-order valence-electron chi connectivity index (χ3n) is 7.65. The number of nitrogens with zero attached hydrogens (tertiary/aromatic N) is 1. The second-order valence-corrected chi connectivity index (χ2v) is 17.4. The van der Waals surface area contributed by atoms with Gasteiger partial charge in [0, 0.05) is 0 Å². The molecule has 0 amide bonds. The van der Waals surface area contributed by atoms with Crippen molar-refractivity contribution in [2.45, 2.75) is 5.76 Å². The molecular weight excluding hydrogens is 491 g/mol. The van der Waals surface area contributed by atoms with Crippen LogP contribution < -0.4 is 27.6 Å².